The van der Waals surface area contributed by atoms with Gasteiger partial charge in [0.25, 0.3) is 10.0 Å². The fourth-order valence-corrected chi connectivity index (χ4v) is 6.21. The first-order valence-corrected chi connectivity index (χ1v) is 14.2. The number of nitrogens with zero attached hydrogens (tertiary/aromatic N) is 1. The van der Waals surface area contributed by atoms with Crippen LogP contribution in [0.4, 0.5) is 5.69 Å². The number of fused-ring (bicyclic) bond motifs is 1. The minimum absolute atomic E-state index is 0.167. The van der Waals surface area contributed by atoms with Crippen molar-refractivity contribution >= 4 is 21.6 Å². The molecule has 0 saturated heterocycles. The molecule has 0 heterocycles. The monoisotopic (exact) mass is 504 g/mol. The molecule has 5 nitrogen and oxygen atoms in total. The topological polar surface area (TPSA) is 66.5 Å². The van der Waals surface area contributed by atoms with Crippen molar-refractivity contribution in [3.63, 3.8) is 0 Å². The summed E-state index contributed by atoms with van der Waals surface area (Å²) >= 11 is 0. The molecule has 0 saturated carbocycles. The minimum Gasteiger partial charge on any atom is -0.348 e. The van der Waals surface area contributed by atoms with E-state index < -0.39 is 10.0 Å². The molecule has 36 heavy (non-hydrogen) atoms. The largest absolute Gasteiger partial charge is 0.348 e. The molecule has 1 aliphatic carbocycles. The van der Waals surface area contributed by atoms with Crippen molar-refractivity contribution in [3.8, 4) is 0 Å². The van der Waals surface area contributed by atoms with Crippen LogP contribution in [0.5, 0.6) is 0 Å². The lowest BCUT2D eigenvalue weighted by molar-refractivity contribution is -0.120. The van der Waals surface area contributed by atoms with Gasteiger partial charge in [-0.05, 0) is 105 Å². The van der Waals surface area contributed by atoms with Gasteiger partial charge in [0, 0.05) is 0 Å². The average Bonchev–Trinajstić information content (AvgIpc) is 2.87. The predicted molar refractivity (Wildman–Crippen MR) is 146 cm³/mol. The Balaban J connectivity index is 1.62. The number of anilines is 1. The summed E-state index contributed by atoms with van der Waals surface area (Å²) < 4.78 is 28.6. The van der Waals surface area contributed by atoms with Crippen LogP contribution in [-0.2, 0) is 27.7 Å². The zero-order valence-corrected chi connectivity index (χ0v) is 22.5. The van der Waals surface area contributed by atoms with Crippen LogP contribution in [0.2, 0.25) is 0 Å². The summed E-state index contributed by atoms with van der Waals surface area (Å²) in [6.07, 6.45) is 5.33. The second-order valence-electron chi connectivity index (χ2n) is 9.86. The van der Waals surface area contributed by atoms with Gasteiger partial charge in [-0.25, -0.2) is 8.42 Å². The molecule has 190 valence electrons. The highest BCUT2D eigenvalue weighted by Gasteiger charge is 2.28. The van der Waals surface area contributed by atoms with E-state index in [-0.39, 0.29) is 23.4 Å². The quantitative estimate of drug-likeness (QED) is 0.412. The van der Waals surface area contributed by atoms with Crippen molar-refractivity contribution in [2.75, 3.05) is 10.8 Å². The van der Waals surface area contributed by atoms with Crippen LogP contribution < -0.4 is 9.62 Å². The van der Waals surface area contributed by atoms with Gasteiger partial charge in [0.15, 0.2) is 0 Å². The van der Waals surface area contributed by atoms with Crippen LogP contribution in [0.1, 0.15) is 65.6 Å². The number of nitrogens with one attached hydrogen (secondary N) is 1. The standard InChI is InChI=1S/C30H36N2O3S/c1-5-29(26-14-13-24-8-6-7-9-25(24)19-26)31-30(33)20-32(27-15-12-22(3)23(4)18-27)36(34,35)28-16-10-21(2)11-17-28/h10-19,29H,5-9,20H2,1-4H3,(H,31,33)/t29-/m0/s1. The van der Waals surface area contributed by atoms with Crippen LogP contribution in [0.3, 0.4) is 0 Å². The number of carbonyl (C=O) groups is 1. The van der Waals surface area contributed by atoms with Gasteiger partial charge in [-0.2, -0.15) is 0 Å². The summed E-state index contributed by atoms with van der Waals surface area (Å²) in [4.78, 5) is 13.5. The lowest BCUT2D eigenvalue weighted by Gasteiger charge is -2.27. The Bertz CT molecular complexity index is 1350. The molecule has 0 unspecified atom stereocenters. The average molecular weight is 505 g/mol. The van der Waals surface area contributed by atoms with Crippen LogP contribution >= 0.6 is 0 Å². The summed E-state index contributed by atoms with van der Waals surface area (Å²) in [6, 6.07) is 18.5. The molecule has 0 aliphatic heterocycles. The molecule has 3 aromatic rings. The van der Waals surface area contributed by atoms with E-state index in [0.29, 0.717) is 5.69 Å². The first kappa shape index (κ1) is 26.0. The maximum absolute atomic E-state index is 13.7. The first-order valence-electron chi connectivity index (χ1n) is 12.8. The van der Waals surface area contributed by atoms with E-state index in [4.69, 9.17) is 0 Å². The lowest BCUT2D eigenvalue weighted by atomic mass is 9.89. The van der Waals surface area contributed by atoms with E-state index in [0.717, 1.165) is 41.5 Å². The molecule has 0 spiro atoms. The highest BCUT2D eigenvalue weighted by atomic mass is 32.2. The van der Waals surface area contributed by atoms with Gasteiger partial charge in [-0.1, -0.05) is 48.9 Å². The number of hydrogen-bond donors (Lipinski definition) is 1. The highest BCUT2D eigenvalue weighted by Crippen LogP contribution is 2.28. The molecular formula is C30H36N2O3S. The molecule has 0 bridgehead atoms. The van der Waals surface area contributed by atoms with Gasteiger partial charge in [0.05, 0.1) is 16.6 Å². The number of sulfonamides is 1. The smallest absolute Gasteiger partial charge is 0.264 e. The van der Waals surface area contributed by atoms with E-state index in [1.165, 1.54) is 28.3 Å². The Hall–Kier alpha value is -3.12. The van der Waals surface area contributed by atoms with Crippen molar-refractivity contribution in [2.24, 2.45) is 0 Å². The van der Waals surface area contributed by atoms with Crippen LogP contribution in [0.25, 0.3) is 0 Å². The number of carbonyl (C=O) groups excluding carboxylic acids is 1. The van der Waals surface area contributed by atoms with E-state index >= 15 is 0 Å². The van der Waals surface area contributed by atoms with Crippen molar-refractivity contribution in [2.45, 2.75) is 70.7 Å². The highest BCUT2D eigenvalue weighted by molar-refractivity contribution is 7.92. The van der Waals surface area contributed by atoms with E-state index in [9.17, 15) is 13.2 Å². The summed E-state index contributed by atoms with van der Waals surface area (Å²) in [5, 5.41) is 3.10. The van der Waals surface area contributed by atoms with Gasteiger partial charge < -0.3 is 5.32 Å². The van der Waals surface area contributed by atoms with Crippen molar-refractivity contribution in [1.29, 1.82) is 0 Å². The molecule has 1 amide bonds. The summed E-state index contributed by atoms with van der Waals surface area (Å²) in [5.41, 5.74) is 7.33. The van der Waals surface area contributed by atoms with E-state index in [1.54, 1.807) is 30.3 Å². The molecule has 1 aliphatic rings. The molecular weight excluding hydrogens is 468 g/mol. The number of aryl methyl sites for hydroxylation is 5. The number of hydrogen-bond acceptors (Lipinski definition) is 3. The normalized spacial score (nSPS) is 14.1. The molecule has 0 aromatic heterocycles. The zero-order valence-electron chi connectivity index (χ0n) is 21.7. The Morgan fingerprint density at radius 2 is 1.58 bits per heavy atom. The number of benzene rings is 3. The van der Waals surface area contributed by atoms with Gasteiger partial charge in [-0.15, -0.1) is 0 Å². The molecule has 1 N–H and O–H groups in total. The number of amides is 1. The second-order valence-corrected chi connectivity index (χ2v) is 11.7. The minimum atomic E-state index is -3.94. The first-order chi connectivity index (χ1) is 17.2. The second kappa shape index (κ2) is 10.9. The lowest BCUT2D eigenvalue weighted by Crippen LogP contribution is -2.42. The molecule has 1 atom stereocenters. The Kier molecular flexibility index (Phi) is 7.84. The third-order valence-electron chi connectivity index (χ3n) is 7.19. The van der Waals surface area contributed by atoms with Crippen LogP contribution in [0, 0.1) is 20.8 Å². The number of rotatable bonds is 8. The Morgan fingerprint density at radius 1 is 0.889 bits per heavy atom. The maximum Gasteiger partial charge on any atom is 0.264 e. The summed E-state index contributed by atoms with van der Waals surface area (Å²) in [6.45, 7) is 7.58. The maximum atomic E-state index is 13.7. The van der Waals surface area contributed by atoms with Gasteiger partial charge >= 0.3 is 0 Å². The van der Waals surface area contributed by atoms with E-state index in [2.05, 4.69) is 23.5 Å². The van der Waals surface area contributed by atoms with Gasteiger partial charge in [-0.3, -0.25) is 9.10 Å². The molecule has 3 aromatic carbocycles. The van der Waals surface area contributed by atoms with Crippen molar-refractivity contribution < 1.29 is 13.2 Å². The van der Waals surface area contributed by atoms with Gasteiger partial charge in [0.1, 0.15) is 6.54 Å². The third kappa shape index (κ3) is 5.65. The molecule has 6 heteroatoms. The van der Waals surface area contributed by atoms with E-state index in [1.807, 2.05) is 39.8 Å². The fraction of sp³-hybridized carbons (Fsp3) is 0.367. The summed E-state index contributed by atoms with van der Waals surface area (Å²) in [5.74, 6) is -0.325. The van der Waals surface area contributed by atoms with Crippen LogP contribution in [-0.4, -0.2) is 20.9 Å². The van der Waals surface area contributed by atoms with Gasteiger partial charge in [0.2, 0.25) is 5.91 Å². The molecule has 0 fully saturated rings. The molecule has 0 radical (unpaired) electrons. The predicted octanol–water partition coefficient (Wildman–Crippen LogP) is 5.95. The Morgan fingerprint density at radius 3 is 2.25 bits per heavy atom. The fourth-order valence-electron chi connectivity index (χ4n) is 4.79. The zero-order chi connectivity index (χ0) is 25.9. The third-order valence-corrected chi connectivity index (χ3v) is 8.98. The summed E-state index contributed by atoms with van der Waals surface area (Å²) in [7, 11) is -3.94. The van der Waals surface area contributed by atoms with Crippen molar-refractivity contribution in [3.05, 3.63) is 94.0 Å². The Labute approximate surface area is 215 Å². The SMILES string of the molecule is CC[C@H](NC(=O)CN(c1ccc(C)c(C)c1)S(=O)(=O)c1ccc(C)cc1)c1ccc2c(c1)CCCC2. The van der Waals surface area contributed by atoms with Crippen molar-refractivity contribution in [1.82, 2.24) is 5.32 Å². The molecule has 4 rings (SSSR count). The van der Waals surface area contributed by atoms with Crippen LogP contribution in [0.15, 0.2) is 65.6 Å².